The van der Waals surface area contributed by atoms with E-state index in [4.69, 9.17) is 4.42 Å². The minimum Gasteiger partial charge on any atom is -0.440 e. The van der Waals surface area contributed by atoms with Crippen molar-refractivity contribution in [2.45, 2.75) is 19.1 Å². The van der Waals surface area contributed by atoms with Crippen LogP contribution in [0.2, 0.25) is 0 Å². The minimum atomic E-state index is -0.188. The van der Waals surface area contributed by atoms with Crippen molar-refractivity contribution in [1.29, 1.82) is 0 Å². The lowest BCUT2D eigenvalue weighted by molar-refractivity contribution is -0.120. The maximum absolute atomic E-state index is 13.5. The molecule has 2 aromatic heterocycles. The Hall–Kier alpha value is -2.12. The molecule has 1 N–H and O–H groups in total. The van der Waals surface area contributed by atoms with Gasteiger partial charge >= 0.3 is 0 Å². The molecule has 2 heterocycles. The van der Waals surface area contributed by atoms with Crippen LogP contribution in [0.1, 0.15) is 17.0 Å². The summed E-state index contributed by atoms with van der Waals surface area (Å²) in [6, 6.07) is 10.6. The summed E-state index contributed by atoms with van der Waals surface area (Å²) in [4.78, 5) is 17.5. The van der Waals surface area contributed by atoms with Crippen LogP contribution in [-0.4, -0.2) is 23.2 Å². The number of thiophene rings is 1. The molecule has 26 heavy (non-hydrogen) atoms. The average Bonchev–Trinajstić information content (AvgIpc) is 3.27. The Morgan fingerprint density at radius 2 is 2.15 bits per heavy atom. The molecule has 0 saturated heterocycles. The molecule has 0 saturated carbocycles. The lowest BCUT2D eigenvalue weighted by Crippen LogP contribution is -2.27. The Kier molecular flexibility index (Phi) is 6.46. The number of benzene rings is 1. The van der Waals surface area contributed by atoms with Crippen molar-refractivity contribution in [1.82, 2.24) is 10.3 Å². The smallest absolute Gasteiger partial charge is 0.236 e. The molecule has 4 nitrogen and oxygen atoms in total. The van der Waals surface area contributed by atoms with Crippen molar-refractivity contribution >= 4 is 29.0 Å². The first-order chi connectivity index (χ1) is 12.6. The van der Waals surface area contributed by atoms with E-state index in [1.807, 2.05) is 30.5 Å². The van der Waals surface area contributed by atoms with Gasteiger partial charge in [-0.1, -0.05) is 24.3 Å². The van der Waals surface area contributed by atoms with Gasteiger partial charge < -0.3 is 9.73 Å². The molecule has 0 spiro atoms. The Labute approximate surface area is 159 Å². The molecule has 0 fully saturated rings. The highest BCUT2D eigenvalue weighted by atomic mass is 32.2. The Balaban J connectivity index is 1.41. The third-order valence-corrected chi connectivity index (χ3v) is 5.60. The van der Waals surface area contributed by atoms with Crippen LogP contribution in [0.4, 0.5) is 4.39 Å². The van der Waals surface area contributed by atoms with Gasteiger partial charge in [0.2, 0.25) is 11.8 Å². The van der Waals surface area contributed by atoms with E-state index in [0.29, 0.717) is 35.2 Å². The molecular formula is C19H19FN2O2S2. The zero-order valence-corrected chi connectivity index (χ0v) is 16.0. The number of carbonyl (C=O) groups excluding carboxylic acids is 1. The predicted octanol–water partition coefficient (Wildman–Crippen LogP) is 4.44. The van der Waals surface area contributed by atoms with Crippen LogP contribution in [-0.2, 0) is 17.0 Å². The van der Waals surface area contributed by atoms with Crippen LogP contribution in [0.25, 0.3) is 10.8 Å². The zero-order chi connectivity index (χ0) is 18.4. The van der Waals surface area contributed by atoms with Gasteiger partial charge in [0, 0.05) is 18.1 Å². The number of hydrogen-bond acceptors (Lipinski definition) is 5. The van der Waals surface area contributed by atoms with Gasteiger partial charge in [0.05, 0.1) is 17.0 Å². The standard InChI is InChI=1S/C19H19FN2O2S2/c1-13-16(22-19(24-13)17-7-4-9-26-17)11-18(23)21-8-10-25-12-14-5-2-3-6-15(14)20/h2-7,9H,8,10-12H2,1H3,(H,21,23). The van der Waals surface area contributed by atoms with E-state index < -0.39 is 0 Å². The third-order valence-electron chi connectivity index (χ3n) is 3.74. The first kappa shape index (κ1) is 18.7. The second-order valence-electron chi connectivity index (χ2n) is 5.67. The van der Waals surface area contributed by atoms with Crippen LogP contribution in [0, 0.1) is 12.7 Å². The number of hydrogen-bond donors (Lipinski definition) is 1. The number of amides is 1. The van der Waals surface area contributed by atoms with Gasteiger partial charge in [-0.15, -0.1) is 11.3 Å². The summed E-state index contributed by atoms with van der Waals surface area (Å²) in [7, 11) is 0. The van der Waals surface area contributed by atoms with Gasteiger partial charge in [0.1, 0.15) is 11.6 Å². The summed E-state index contributed by atoms with van der Waals surface area (Å²) in [5.41, 5.74) is 1.34. The van der Waals surface area contributed by atoms with E-state index >= 15 is 0 Å². The van der Waals surface area contributed by atoms with Crippen molar-refractivity contribution in [2.75, 3.05) is 12.3 Å². The van der Waals surface area contributed by atoms with Crippen molar-refractivity contribution in [3.63, 3.8) is 0 Å². The molecule has 0 aliphatic carbocycles. The molecular weight excluding hydrogens is 371 g/mol. The highest BCUT2D eigenvalue weighted by Crippen LogP contribution is 2.26. The average molecular weight is 391 g/mol. The number of aromatic nitrogens is 1. The second-order valence-corrected chi connectivity index (χ2v) is 7.72. The lowest BCUT2D eigenvalue weighted by atomic mass is 10.2. The first-order valence-electron chi connectivity index (χ1n) is 8.21. The van der Waals surface area contributed by atoms with Crippen molar-refractivity contribution in [3.8, 4) is 10.8 Å². The van der Waals surface area contributed by atoms with Crippen molar-refractivity contribution < 1.29 is 13.6 Å². The number of aryl methyl sites for hydroxylation is 1. The maximum atomic E-state index is 13.5. The van der Waals surface area contributed by atoms with E-state index in [1.165, 1.54) is 6.07 Å². The topological polar surface area (TPSA) is 55.1 Å². The predicted molar refractivity (Wildman–Crippen MR) is 104 cm³/mol. The van der Waals surface area contributed by atoms with Gasteiger partial charge in [-0.2, -0.15) is 11.8 Å². The molecule has 7 heteroatoms. The molecule has 0 unspecified atom stereocenters. The molecule has 0 radical (unpaired) electrons. The van der Waals surface area contributed by atoms with Crippen molar-refractivity contribution in [3.05, 3.63) is 64.6 Å². The summed E-state index contributed by atoms with van der Waals surface area (Å²) in [6.45, 7) is 2.35. The monoisotopic (exact) mass is 390 g/mol. The van der Waals surface area contributed by atoms with E-state index in [1.54, 1.807) is 35.2 Å². The van der Waals surface area contributed by atoms with E-state index in [9.17, 15) is 9.18 Å². The largest absolute Gasteiger partial charge is 0.440 e. The van der Waals surface area contributed by atoms with Crippen LogP contribution >= 0.6 is 23.1 Å². The highest BCUT2D eigenvalue weighted by Gasteiger charge is 2.15. The second kappa shape index (κ2) is 9.00. The van der Waals surface area contributed by atoms with Gasteiger partial charge in [-0.3, -0.25) is 4.79 Å². The molecule has 0 aliphatic rings. The Bertz CT molecular complexity index is 862. The zero-order valence-electron chi connectivity index (χ0n) is 14.3. The number of nitrogens with zero attached hydrogens (tertiary/aromatic N) is 1. The number of thioether (sulfide) groups is 1. The fourth-order valence-electron chi connectivity index (χ4n) is 2.37. The van der Waals surface area contributed by atoms with E-state index in [2.05, 4.69) is 10.3 Å². The van der Waals surface area contributed by atoms with Gasteiger partial charge in [-0.05, 0) is 30.0 Å². The number of rotatable bonds is 8. The summed E-state index contributed by atoms with van der Waals surface area (Å²) < 4.78 is 19.2. The SMILES string of the molecule is Cc1oc(-c2cccs2)nc1CC(=O)NCCSCc1ccccc1F. The number of halogens is 1. The molecule has 1 aromatic carbocycles. The molecule has 1 amide bonds. The van der Waals surface area contributed by atoms with Gasteiger partial charge in [0.15, 0.2) is 0 Å². The maximum Gasteiger partial charge on any atom is 0.236 e. The summed E-state index contributed by atoms with van der Waals surface area (Å²) in [5, 5.41) is 4.83. The normalized spacial score (nSPS) is 10.8. The molecule has 0 bridgehead atoms. The molecule has 0 aliphatic heterocycles. The van der Waals surface area contributed by atoms with Crippen LogP contribution in [0.3, 0.4) is 0 Å². The Morgan fingerprint density at radius 1 is 1.31 bits per heavy atom. The quantitative estimate of drug-likeness (QED) is 0.578. The minimum absolute atomic E-state index is 0.0920. The van der Waals surface area contributed by atoms with E-state index in [-0.39, 0.29) is 18.1 Å². The van der Waals surface area contributed by atoms with Crippen molar-refractivity contribution in [2.24, 2.45) is 0 Å². The van der Waals surface area contributed by atoms with Crippen LogP contribution in [0.15, 0.2) is 46.2 Å². The lowest BCUT2D eigenvalue weighted by Gasteiger charge is -2.05. The number of carbonyl (C=O) groups is 1. The third kappa shape index (κ3) is 4.95. The van der Waals surface area contributed by atoms with Crippen LogP contribution < -0.4 is 5.32 Å². The summed E-state index contributed by atoms with van der Waals surface area (Å²) >= 11 is 3.14. The number of oxazole rings is 1. The fourth-order valence-corrected chi connectivity index (χ4v) is 3.87. The van der Waals surface area contributed by atoms with Gasteiger partial charge in [0.25, 0.3) is 0 Å². The molecule has 136 valence electrons. The molecule has 3 aromatic rings. The first-order valence-corrected chi connectivity index (χ1v) is 10.2. The summed E-state index contributed by atoms with van der Waals surface area (Å²) in [5.74, 6) is 2.25. The molecule has 0 atom stereocenters. The Morgan fingerprint density at radius 3 is 2.92 bits per heavy atom. The van der Waals surface area contributed by atoms with Gasteiger partial charge in [-0.25, -0.2) is 9.37 Å². The van der Waals surface area contributed by atoms with E-state index in [0.717, 1.165) is 10.6 Å². The molecule has 3 rings (SSSR count). The fraction of sp³-hybridized carbons (Fsp3) is 0.263. The highest BCUT2D eigenvalue weighted by molar-refractivity contribution is 7.98. The van der Waals surface area contributed by atoms with Crippen LogP contribution in [0.5, 0.6) is 0 Å². The summed E-state index contributed by atoms with van der Waals surface area (Å²) in [6.07, 6.45) is 0.193. The number of nitrogens with one attached hydrogen (secondary N) is 1.